The van der Waals surface area contributed by atoms with Crippen LogP contribution in [0.1, 0.15) is 34.0 Å². The quantitative estimate of drug-likeness (QED) is 0.890. The molecule has 0 saturated carbocycles. The van der Waals surface area contributed by atoms with Gasteiger partial charge in [-0.1, -0.05) is 29.8 Å². The lowest BCUT2D eigenvalue weighted by Gasteiger charge is -2.05. The van der Waals surface area contributed by atoms with Crippen molar-refractivity contribution in [2.75, 3.05) is 11.9 Å². The topological polar surface area (TPSA) is 62.2 Å². The van der Waals surface area contributed by atoms with Crippen molar-refractivity contribution < 1.29 is 9.90 Å². The normalized spacial score (nSPS) is 16.7. The van der Waals surface area contributed by atoms with Crippen molar-refractivity contribution in [3.05, 3.63) is 46.0 Å². The molecular formula is C16H18N2O2S. The number of carbonyl (C=O) groups is 1. The fourth-order valence-corrected chi connectivity index (χ4v) is 3.79. The lowest BCUT2D eigenvalue weighted by Crippen LogP contribution is -2.09. The highest BCUT2D eigenvalue weighted by Crippen LogP contribution is 2.38. The van der Waals surface area contributed by atoms with Gasteiger partial charge in [0.25, 0.3) is 0 Å². The summed E-state index contributed by atoms with van der Waals surface area (Å²) in [5.74, 6) is -1.17. The molecule has 21 heavy (non-hydrogen) atoms. The first kappa shape index (κ1) is 14.1. The predicted molar refractivity (Wildman–Crippen MR) is 84.2 cm³/mol. The van der Waals surface area contributed by atoms with Gasteiger partial charge in [0.05, 0.1) is 5.69 Å². The Morgan fingerprint density at radius 1 is 1.52 bits per heavy atom. The molecule has 0 saturated heterocycles. The second-order valence-electron chi connectivity index (χ2n) is 5.42. The Bertz CT molecular complexity index is 666. The van der Waals surface area contributed by atoms with E-state index in [-0.39, 0.29) is 0 Å². The maximum Gasteiger partial charge on any atom is 0.312 e. The van der Waals surface area contributed by atoms with Crippen LogP contribution < -0.4 is 5.32 Å². The lowest BCUT2D eigenvalue weighted by molar-refractivity contribution is -0.138. The van der Waals surface area contributed by atoms with Crippen LogP contribution >= 0.6 is 11.3 Å². The molecule has 0 radical (unpaired) electrons. The van der Waals surface area contributed by atoms with Crippen molar-refractivity contribution in [1.29, 1.82) is 0 Å². The molecule has 1 atom stereocenters. The van der Waals surface area contributed by atoms with Crippen LogP contribution in [0.4, 0.5) is 5.13 Å². The number of rotatable bonds is 5. The number of aliphatic carboxylic acids is 1. The number of fused-ring (bicyclic) bond motifs is 1. The molecule has 0 bridgehead atoms. The fourth-order valence-electron chi connectivity index (χ4n) is 2.72. The van der Waals surface area contributed by atoms with Crippen molar-refractivity contribution in [3.8, 4) is 0 Å². The third-order valence-electron chi connectivity index (χ3n) is 3.79. The summed E-state index contributed by atoms with van der Waals surface area (Å²) >= 11 is 1.60. The molecule has 3 rings (SSSR count). The number of aromatic nitrogens is 1. The highest BCUT2D eigenvalue weighted by molar-refractivity contribution is 7.15. The summed E-state index contributed by atoms with van der Waals surface area (Å²) in [7, 11) is 0. The van der Waals surface area contributed by atoms with Gasteiger partial charge in [0.15, 0.2) is 5.13 Å². The Morgan fingerprint density at radius 2 is 2.38 bits per heavy atom. The lowest BCUT2D eigenvalue weighted by atomic mass is 10.1. The first-order chi connectivity index (χ1) is 10.1. The predicted octanol–water partition coefficient (Wildman–Crippen LogP) is 3.22. The van der Waals surface area contributed by atoms with E-state index in [0.29, 0.717) is 6.42 Å². The Balaban J connectivity index is 1.60. The van der Waals surface area contributed by atoms with Gasteiger partial charge in [-0.15, -0.1) is 11.3 Å². The number of nitrogens with zero attached hydrogens (tertiary/aromatic N) is 1. The van der Waals surface area contributed by atoms with Crippen LogP contribution in [0.25, 0.3) is 0 Å². The van der Waals surface area contributed by atoms with Gasteiger partial charge in [0.2, 0.25) is 0 Å². The Labute approximate surface area is 127 Å². The van der Waals surface area contributed by atoms with E-state index in [4.69, 9.17) is 5.11 Å². The molecule has 0 aliphatic heterocycles. The minimum absolute atomic E-state index is 0.413. The van der Waals surface area contributed by atoms with E-state index in [0.717, 1.165) is 35.1 Å². The first-order valence-electron chi connectivity index (χ1n) is 7.15. The number of carboxylic acids is 1. The highest BCUT2D eigenvalue weighted by atomic mass is 32.1. The van der Waals surface area contributed by atoms with E-state index in [9.17, 15) is 4.79 Å². The van der Waals surface area contributed by atoms with Crippen LogP contribution in [0.15, 0.2) is 24.3 Å². The first-order valence-corrected chi connectivity index (χ1v) is 7.97. The van der Waals surface area contributed by atoms with Crippen LogP contribution in [0, 0.1) is 6.92 Å². The summed E-state index contributed by atoms with van der Waals surface area (Å²) in [6, 6.07) is 8.47. The van der Waals surface area contributed by atoms with Gasteiger partial charge >= 0.3 is 5.97 Å². The van der Waals surface area contributed by atoms with Gasteiger partial charge in [-0.05, 0) is 31.7 Å². The summed E-state index contributed by atoms with van der Waals surface area (Å²) in [5, 5.41) is 13.3. The van der Waals surface area contributed by atoms with E-state index >= 15 is 0 Å². The molecule has 1 unspecified atom stereocenters. The minimum atomic E-state index is -0.759. The zero-order valence-corrected chi connectivity index (χ0v) is 12.7. The fraction of sp³-hybridized carbons (Fsp3) is 0.375. The number of aryl methyl sites for hydroxylation is 2. The standard InChI is InChI=1S/C16H18N2O2S/c1-10-3-2-4-11(9-10)7-8-17-16-18-14-12(15(19)20)5-6-13(14)21-16/h2-4,9,12H,5-8H2,1H3,(H,17,18)(H,19,20). The molecule has 0 fully saturated rings. The van der Waals surface area contributed by atoms with Crippen molar-refractivity contribution in [3.63, 3.8) is 0 Å². The summed E-state index contributed by atoms with van der Waals surface area (Å²) in [6.07, 6.45) is 2.46. The van der Waals surface area contributed by atoms with Gasteiger partial charge < -0.3 is 10.4 Å². The molecule has 1 aliphatic rings. The van der Waals surface area contributed by atoms with E-state index in [1.54, 1.807) is 11.3 Å². The molecule has 110 valence electrons. The van der Waals surface area contributed by atoms with Crippen LogP contribution in [-0.4, -0.2) is 22.6 Å². The number of hydrogen-bond donors (Lipinski definition) is 2. The van der Waals surface area contributed by atoms with Gasteiger partial charge in [-0.2, -0.15) is 0 Å². The molecule has 5 heteroatoms. The number of anilines is 1. The van der Waals surface area contributed by atoms with Gasteiger partial charge in [0, 0.05) is 11.4 Å². The SMILES string of the molecule is Cc1cccc(CCNc2nc3c(s2)CCC3C(=O)O)c1. The smallest absolute Gasteiger partial charge is 0.312 e. The number of thiazole rings is 1. The van der Waals surface area contributed by atoms with E-state index in [2.05, 4.69) is 41.5 Å². The Morgan fingerprint density at radius 3 is 3.14 bits per heavy atom. The number of carboxylic acid groups (broad SMARTS) is 1. The van der Waals surface area contributed by atoms with Crippen molar-refractivity contribution in [1.82, 2.24) is 4.98 Å². The van der Waals surface area contributed by atoms with Crippen molar-refractivity contribution >= 4 is 22.4 Å². The van der Waals surface area contributed by atoms with Crippen LogP contribution in [0.3, 0.4) is 0 Å². The Hall–Kier alpha value is -1.88. The number of benzene rings is 1. The minimum Gasteiger partial charge on any atom is -0.481 e. The zero-order valence-electron chi connectivity index (χ0n) is 11.9. The molecule has 1 aromatic heterocycles. The molecule has 4 nitrogen and oxygen atoms in total. The van der Waals surface area contributed by atoms with Crippen LogP contribution in [-0.2, 0) is 17.6 Å². The summed E-state index contributed by atoms with van der Waals surface area (Å²) < 4.78 is 0. The average Bonchev–Trinajstić information content (AvgIpc) is 2.98. The number of hydrogen-bond acceptors (Lipinski definition) is 4. The van der Waals surface area contributed by atoms with Gasteiger partial charge in [-0.3, -0.25) is 4.79 Å². The number of nitrogens with one attached hydrogen (secondary N) is 1. The van der Waals surface area contributed by atoms with Crippen molar-refractivity contribution in [2.45, 2.75) is 32.1 Å². The maximum atomic E-state index is 11.1. The zero-order chi connectivity index (χ0) is 14.8. The molecule has 1 heterocycles. The molecule has 0 spiro atoms. The van der Waals surface area contributed by atoms with Gasteiger partial charge in [0.1, 0.15) is 5.92 Å². The molecule has 2 N–H and O–H groups in total. The van der Waals surface area contributed by atoms with Crippen molar-refractivity contribution in [2.24, 2.45) is 0 Å². The highest BCUT2D eigenvalue weighted by Gasteiger charge is 2.32. The second kappa shape index (κ2) is 5.85. The van der Waals surface area contributed by atoms with Crippen LogP contribution in [0.2, 0.25) is 0 Å². The maximum absolute atomic E-state index is 11.1. The van der Waals surface area contributed by atoms with E-state index in [1.807, 2.05) is 0 Å². The Kier molecular flexibility index (Phi) is 3.92. The molecule has 1 aliphatic carbocycles. The van der Waals surface area contributed by atoms with Gasteiger partial charge in [-0.25, -0.2) is 4.98 Å². The summed E-state index contributed by atoms with van der Waals surface area (Å²) in [5.41, 5.74) is 3.34. The third-order valence-corrected chi connectivity index (χ3v) is 4.88. The largest absolute Gasteiger partial charge is 0.481 e. The second-order valence-corrected chi connectivity index (χ2v) is 6.51. The molecule has 2 aromatic rings. The van der Waals surface area contributed by atoms with E-state index in [1.165, 1.54) is 11.1 Å². The average molecular weight is 302 g/mol. The molecule has 0 amide bonds. The monoisotopic (exact) mass is 302 g/mol. The third kappa shape index (κ3) is 3.08. The molecule has 1 aromatic carbocycles. The van der Waals surface area contributed by atoms with E-state index < -0.39 is 11.9 Å². The molecular weight excluding hydrogens is 284 g/mol. The van der Waals surface area contributed by atoms with Crippen LogP contribution in [0.5, 0.6) is 0 Å². The summed E-state index contributed by atoms with van der Waals surface area (Å²) in [6.45, 7) is 2.90. The summed E-state index contributed by atoms with van der Waals surface area (Å²) in [4.78, 5) is 16.7.